The number of amides is 1. The van der Waals surface area contributed by atoms with Crippen molar-refractivity contribution in [1.82, 2.24) is 14.8 Å². The van der Waals surface area contributed by atoms with Crippen LogP contribution in [0, 0.1) is 5.92 Å². The van der Waals surface area contributed by atoms with Crippen LogP contribution in [0.3, 0.4) is 0 Å². The van der Waals surface area contributed by atoms with Gasteiger partial charge >= 0.3 is 0 Å². The Morgan fingerprint density at radius 2 is 2.16 bits per heavy atom. The van der Waals surface area contributed by atoms with E-state index in [0.717, 1.165) is 29.5 Å². The van der Waals surface area contributed by atoms with Crippen molar-refractivity contribution in [3.8, 4) is 10.7 Å². The smallest absolute Gasteiger partial charge is 0.238 e. The Kier molecular flexibility index (Phi) is 6.70. The minimum absolute atomic E-state index is 0.0511. The molecule has 0 aliphatic heterocycles. The number of aryl methyl sites for hydroxylation is 1. The van der Waals surface area contributed by atoms with Gasteiger partial charge in [-0.3, -0.25) is 4.79 Å². The molecule has 1 aromatic carbocycles. The summed E-state index contributed by atoms with van der Waals surface area (Å²) in [4.78, 5) is 14.9. The molecule has 4 rings (SSSR count). The number of hydrogen-bond acceptors (Lipinski definition) is 7. The van der Waals surface area contributed by atoms with E-state index >= 15 is 0 Å². The largest absolute Gasteiger partial charge is 0.325 e. The molecule has 0 saturated heterocycles. The number of thioether (sulfide) groups is 1. The topological polar surface area (TPSA) is 120 Å². The number of fused-ring (bicyclic) bond motifs is 1. The van der Waals surface area contributed by atoms with Gasteiger partial charge in [0.2, 0.25) is 15.9 Å². The van der Waals surface area contributed by atoms with Crippen molar-refractivity contribution in [1.29, 1.82) is 0 Å². The monoisotopic (exact) mass is 491 g/mol. The summed E-state index contributed by atoms with van der Waals surface area (Å²) in [5.74, 6) is 1.41. The Labute approximate surface area is 195 Å². The van der Waals surface area contributed by atoms with Gasteiger partial charge in [0.1, 0.15) is 0 Å². The van der Waals surface area contributed by atoms with E-state index in [-0.39, 0.29) is 16.6 Å². The van der Waals surface area contributed by atoms with E-state index in [9.17, 15) is 13.2 Å². The molecule has 0 fully saturated rings. The molecule has 2 aromatic heterocycles. The molecule has 1 atom stereocenters. The SMILES string of the molecule is CC[C@H]1CCc2sc(-c3nnc(SCC(=O)Nc4cccc(S(N)(=O)=O)c4)n3C)cc2C1. The standard InChI is InChI=1S/C21H25N5O3S3/c1-3-13-7-8-17-14(9-13)10-18(31-17)20-24-25-21(26(20)2)30-12-19(27)23-15-5-4-6-16(11-15)32(22,28)29/h4-6,10-11,13H,3,7-9,12H2,1-2H3,(H,23,27)(H2,22,28,29)/t13-/m0/s1. The molecular formula is C21H25N5O3S3. The van der Waals surface area contributed by atoms with Crippen LogP contribution >= 0.6 is 23.1 Å². The lowest BCUT2D eigenvalue weighted by molar-refractivity contribution is -0.113. The van der Waals surface area contributed by atoms with Crippen LogP contribution in [0.4, 0.5) is 5.69 Å². The highest BCUT2D eigenvalue weighted by Crippen LogP contribution is 2.38. The van der Waals surface area contributed by atoms with E-state index in [4.69, 9.17) is 5.14 Å². The highest BCUT2D eigenvalue weighted by Gasteiger charge is 2.22. The van der Waals surface area contributed by atoms with Crippen molar-refractivity contribution in [2.24, 2.45) is 18.1 Å². The van der Waals surface area contributed by atoms with Crippen LogP contribution in [-0.4, -0.2) is 34.8 Å². The maximum Gasteiger partial charge on any atom is 0.238 e. The summed E-state index contributed by atoms with van der Waals surface area (Å²) in [6.45, 7) is 2.25. The van der Waals surface area contributed by atoms with E-state index < -0.39 is 10.0 Å². The average molecular weight is 492 g/mol. The number of thiophene rings is 1. The summed E-state index contributed by atoms with van der Waals surface area (Å²) in [7, 11) is -1.93. The van der Waals surface area contributed by atoms with Crippen LogP contribution in [-0.2, 0) is 34.7 Å². The summed E-state index contributed by atoms with van der Waals surface area (Å²) in [6.07, 6.45) is 4.72. The Hall–Kier alpha value is -2.21. The number of nitrogens with one attached hydrogen (secondary N) is 1. The van der Waals surface area contributed by atoms with Gasteiger partial charge in [-0.25, -0.2) is 13.6 Å². The van der Waals surface area contributed by atoms with Crippen LogP contribution in [0.5, 0.6) is 0 Å². The number of aromatic nitrogens is 3. The molecule has 1 amide bonds. The van der Waals surface area contributed by atoms with Gasteiger partial charge in [-0.05, 0) is 55.0 Å². The zero-order valence-electron chi connectivity index (χ0n) is 17.9. The number of sulfonamides is 1. The highest BCUT2D eigenvalue weighted by molar-refractivity contribution is 7.99. The fourth-order valence-corrected chi connectivity index (χ4v) is 6.29. The minimum atomic E-state index is -3.83. The van der Waals surface area contributed by atoms with Crippen LogP contribution in [0.1, 0.15) is 30.2 Å². The predicted octanol–water partition coefficient (Wildman–Crippen LogP) is 3.44. The molecule has 8 nitrogen and oxygen atoms in total. The first-order valence-electron chi connectivity index (χ1n) is 10.3. The van der Waals surface area contributed by atoms with Gasteiger partial charge < -0.3 is 9.88 Å². The number of rotatable bonds is 7. The predicted molar refractivity (Wildman–Crippen MR) is 127 cm³/mol. The first kappa shape index (κ1) is 23.0. The number of primary sulfonamides is 1. The fourth-order valence-electron chi connectivity index (χ4n) is 3.79. The van der Waals surface area contributed by atoms with E-state index in [1.54, 1.807) is 17.4 Å². The zero-order chi connectivity index (χ0) is 22.9. The highest BCUT2D eigenvalue weighted by atomic mass is 32.2. The first-order valence-corrected chi connectivity index (χ1v) is 13.7. The lowest BCUT2D eigenvalue weighted by Crippen LogP contribution is -2.16. The molecule has 0 bridgehead atoms. The van der Waals surface area contributed by atoms with Crippen LogP contribution in [0.15, 0.2) is 40.4 Å². The fraction of sp³-hybridized carbons (Fsp3) is 0.381. The Bertz CT molecular complexity index is 1250. The second kappa shape index (κ2) is 9.34. The van der Waals surface area contributed by atoms with Crippen LogP contribution in [0.25, 0.3) is 10.7 Å². The Balaban J connectivity index is 1.41. The third kappa shape index (κ3) is 5.06. The Morgan fingerprint density at radius 3 is 2.91 bits per heavy atom. The molecule has 3 aromatic rings. The molecule has 3 N–H and O–H groups in total. The number of anilines is 1. The van der Waals surface area contributed by atoms with E-state index in [1.165, 1.54) is 53.2 Å². The lowest BCUT2D eigenvalue weighted by atomic mass is 9.87. The van der Waals surface area contributed by atoms with Gasteiger partial charge in [0, 0.05) is 17.6 Å². The van der Waals surface area contributed by atoms with Crippen LogP contribution < -0.4 is 10.5 Å². The van der Waals surface area contributed by atoms with Gasteiger partial charge in [0.15, 0.2) is 11.0 Å². The van der Waals surface area contributed by atoms with Gasteiger partial charge in [0.05, 0.1) is 15.5 Å². The van der Waals surface area contributed by atoms with Crippen LogP contribution in [0.2, 0.25) is 0 Å². The number of benzene rings is 1. The quantitative estimate of drug-likeness (QED) is 0.489. The summed E-state index contributed by atoms with van der Waals surface area (Å²) < 4.78 is 24.9. The number of carbonyl (C=O) groups is 1. The molecule has 0 unspecified atom stereocenters. The van der Waals surface area contributed by atoms with Crippen molar-refractivity contribution >= 4 is 44.7 Å². The average Bonchev–Trinajstić information content (AvgIpc) is 3.34. The molecule has 0 spiro atoms. The zero-order valence-corrected chi connectivity index (χ0v) is 20.3. The van der Waals surface area contributed by atoms with Crippen molar-refractivity contribution in [3.05, 3.63) is 40.8 Å². The van der Waals surface area contributed by atoms with Crippen molar-refractivity contribution in [2.75, 3.05) is 11.1 Å². The molecule has 0 radical (unpaired) electrons. The van der Waals surface area contributed by atoms with Crippen molar-refractivity contribution in [3.63, 3.8) is 0 Å². The van der Waals surface area contributed by atoms with E-state index in [1.807, 2.05) is 11.6 Å². The van der Waals surface area contributed by atoms with Gasteiger partial charge in [-0.15, -0.1) is 21.5 Å². The normalized spacial score (nSPS) is 16.0. The number of nitrogens with zero attached hydrogens (tertiary/aromatic N) is 3. The summed E-state index contributed by atoms with van der Waals surface area (Å²) in [6, 6.07) is 8.09. The second-order valence-electron chi connectivity index (χ2n) is 7.85. The van der Waals surface area contributed by atoms with E-state index in [0.29, 0.717) is 10.8 Å². The van der Waals surface area contributed by atoms with Crippen molar-refractivity contribution < 1.29 is 13.2 Å². The minimum Gasteiger partial charge on any atom is -0.325 e. The summed E-state index contributed by atoms with van der Waals surface area (Å²) >= 11 is 3.06. The third-order valence-corrected chi connectivity index (χ3v) is 8.76. The first-order chi connectivity index (χ1) is 15.2. The maximum absolute atomic E-state index is 12.4. The molecule has 32 heavy (non-hydrogen) atoms. The Morgan fingerprint density at radius 1 is 1.34 bits per heavy atom. The van der Waals surface area contributed by atoms with Gasteiger partial charge in [-0.1, -0.05) is 31.2 Å². The van der Waals surface area contributed by atoms with E-state index in [2.05, 4.69) is 28.5 Å². The summed E-state index contributed by atoms with van der Waals surface area (Å²) in [5, 5.41) is 17.1. The maximum atomic E-state index is 12.4. The van der Waals surface area contributed by atoms with Gasteiger partial charge in [0.25, 0.3) is 0 Å². The second-order valence-corrected chi connectivity index (χ2v) is 11.5. The lowest BCUT2D eigenvalue weighted by Gasteiger charge is -2.19. The number of carbonyl (C=O) groups excluding carboxylic acids is 1. The molecule has 2 heterocycles. The van der Waals surface area contributed by atoms with Crippen molar-refractivity contribution in [2.45, 2.75) is 42.7 Å². The molecule has 0 saturated carbocycles. The molecule has 170 valence electrons. The molecular weight excluding hydrogens is 466 g/mol. The third-order valence-electron chi connectivity index (χ3n) is 5.60. The molecule has 1 aliphatic carbocycles. The van der Waals surface area contributed by atoms with Gasteiger partial charge in [-0.2, -0.15) is 0 Å². The number of nitrogens with two attached hydrogens (primary N) is 1. The number of hydrogen-bond donors (Lipinski definition) is 2. The summed E-state index contributed by atoms with van der Waals surface area (Å²) in [5.41, 5.74) is 1.80. The molecule has 11 heteroatoms. The molecule has 1 aliphatic rings.